The van der Waals surface area contributed by atoms with Gasteiger partial charge < -0.3 is 15.4 Å². The van der Waals surface area contributed by atoms with Gasteiger partial charge in [0.25, 0.3) is 0 Å². The minimum absolute atomic E-state index is 0.300. The van der Waals surface area contributed by atoms with Gasteiger partial charge in [0.05, 0.1) is 11.9 Å². The summed E-state index contributed by atoms with van der Waals surface area (Å²) in [6, 6.07) is 5.43. The Labute approximate surface area is 88.0 Å². The predicted molar refractivity (Wildman–Crippen MR) is 59.5 cm³/mol. The lowest BCUT2D eigenvalue weighted by atomic mass is 10.1. The largest absolute Gasteiger partial charge is 0.508 e. The normalized spacial score (nSPS) is 10.5. The summed E-state index contributed by atoms with van der Waals surface area (Å²) in [7, 11) is 1.86. The molecule has 0 aliphatic heterocycles. The number of aromatic nitrogens is 2. The van der Waals surface area contributed by atoms with E-state index in [1.54, 1.807) is 12.3 Å². The van der Waals surface area contributed by atoms with Gasteiger partial charge in [0.15, 0.2) is 5.95 Å². The highest BCUT2D eigenvalue weighted by atomic mass is 16.3. The Morgan fingerprint density at radius 1 is 1.40 bits per heavy atom. The van der Waals surface area contributed by atoms with Gasteiger partial charge in [-0.05, 0) is 30.7 Å². The summed E-state index contributed by atoms with van der Waals surface area (Å²) in [6.07, 6.45) is 1.72. The molecule has 15 heavy (non-hydrogen) atoms. The molecular formula is C11H13N3O. The van der Waals surface area contributed by atoms with Crippen molar-refractivity contribution in [3.63, 3.8) is 0 Å². The number of nitrogens with two attached hydrogens (primary N) is 1. The summed E-state index contributed by atoms with van der Waals surface area (Å²) in [6.45, 7) is 1.86. The highest BCUT2D eigenvalue weighted by Gasteiger charge is 2.07. The van der Waals surface area contributed by atoms with Crippen LogP contribution in [0.3, 0.4) is 0 Å². The number of phenolic OH excluding ortho intramolecular Hbond substituents is 1. The fourth-order valence-electron chi connectivity index (χ4n) is 1.51. The van der Waals surface area contributed by atoms with Crippen molar-refractivity contribution in [1.29, 1.82) is 0 Å². The first kappa shape index (κ1) is 9.58. The Hall–Kier alpha value is -1.97. The zero-order valence-corrected chi connectivity index (χ0v) is 8.73. The molecule has 0 atom stereocenters. The van der Waals surface area contributed by atoms with Gasteiger partial charge in [-0.2, -0.15) is 0 Å². The monoisotopic (exact) mass is 203 g/mol. The number of nitrogen functional groups attached to an aromatic ring is 1. The van der Waals surface area contributed by atoms with E-state index in [0.29, 0.717) is 11.7 Å². The van der Waals surface area contributed by atoms with E-state index < -0.39 is 0 Å². The van der Waals surface area contributed by atoms with Gasteiger partial charge in [-0.15, -0.1) is 0 Å². The second kappa shape index (κ2) is 3.31. The van der Waals surface area contributed by atoms with Crippen molar-refractivity contribution in [3.8, 4) is 17.0 Å². The van der Waals surface area contributed by atoms with Crippen LogP contribution < -0.4 is 5.73 Å². The van der Waals surface area contributed by atoms with Crippen LogP contribution in [0.15, 0.2) is 24.4 Å². The molecule has 4 nitrogen and oxygen atoms in total. The third-order valence-corrected chi connectivity index (χ3v) is 2.52. The average Bonchev–Trinajstić information content (AvgIpc) is 2.53. The maximum absolute atomic E-state index is 9.42. The predicted octanol–water partition coefficient (Wildman–Crippen LogP) is 1.68. The molecule has 1 heterocycles. The van der Waals surface area contributed by atoms with Crippen LogP contribution in [-0.2, 0) is 7.05 Å². The molecule has 0 saturated heterocycles. The molecule has 0 bridgehead atoms. The number of phenols is 1. The fraction of sp³-hybridized carbons (Fsp3) is 0.182. The van der Waals surface area contributed by atoms with Crippen LogP contribution in [-0.4, -0.2) is 14.7 Å². The summed E-state index contributed by atoms with van der Waals surface area (Å²) in [5.74, 6) is 0.782. The molecule has 78 valence electrons. The number of aromatic hydroxyl groups is 1. The van der Waals surface area contributed by atoms with E-state index in [1.165, 1.54) is 0 Å². The topological polar surface area (TPSA) is 64.1 Å². The Bertz CT molecular complexity index is 503. The first-order valence-electron chi connectivity index (χ1n) is 4.67. The van der Waals surface area contributed by atoms with Crippen molar-refractivity contribution in [1.82, 2.24) is 9.55 Å². The summed E-state index contributed by atoms with van der Waals surface area (Å²) in [5, 5.41) is 9.42. The first-order chi connectivity index (χ1) is 7.09. The number of imidazole rings is 1. The lowest BCUT2D eigenvalue weighted by Crippen LogP contribution is -1.98. The van der Waals surface area contributed by atoms with Crippen LogP contribution in [0.1, 0.15) is 5.56 Å². The molecule has 0 unspecified atom stereocenters. The van der Waals surface area contributed by atoms with E-state index in [4.69, 9.17) is 5.73 Å². The third kappa shape index (κ3) is 1.54. The summed E-state index contributed by atoms with van der Waals surface area (Å²) < 4.78 is 1.81. The molecule has 1 aromatic carbocycles. The van der Waals surface area contributed by atoms with E-state index >= 15 is 0 Å². The fourth-order valence-corrected chi connectivity index (χ4v) is 1.51. The zero-order chi connectivity index (χ0) is 11.0. The number of nitrogens with zero attached hydrogens (tertiary/aromatic N) is 2. The summed E-state index contributed by atoms with van der Waals surface area (Å²) >= 11 is 0. The molecule has 0 radical (unpaired) electrons. The van der Waals surface area contributed by atoms with Crippen molar-refractivity contribution in [2.24, 2.45) is 7.05 Å². The molecule has 4 heteroatoms. The number of benzene rings is 1. The van der Waals surface area contributed by atoms with Gasteiger partial charge in [-0.3, -0.25) is 0 Å². The lowest BCUT2D eigenvalue weighted by molar-refractivity contribution is 0.471. The van der Waals surface area contributed by atoms with E-state index in [9.17, 15) is 5.11 Å². The molecule has 0 spiro atoms. The summed E-state index contributed by atoms with van der Waals surface area (Å²) in [5.41, 5.74) is 8.43. The van der Waals surface area contributed by atoms with Gasteiger partial charge >= 0.3 is 0 Å². The second-order valence-corrected chi connectivity index (χ2v) is 3.56. The smallest absolute Gasteiger partial charge is 0.200 e. The SMILES string of the molecule is Cc1cc(-c2cnc(N)n2C)ccc1O. The molecular weight excluding hydrogens is 190 g/mol. The maximum atomic E-state index is 9.42. The highest BCUT2D eigenvalue weighted by molar-refractivity contribution is 5.63. The average molecular weight is 203 g/mol. The van der Waals surface area contributed by atoms with Crippen LogP contribution in [0.2, 0.25) is 0 Å². The first-order valence-corrected chi connectivity index (χ1v) is 4.67. The zero-order valence-electron chi connectivity index (χ0n) is 8.73. The van der Waals surface area contributed by atoms with E-state index in [1.807, 2.05) is 30.7 Å². The molecule has 0 saturated carbocycles. The lowest BCUT2D eigenvalue weighted by Gasteiger charge is -2.05. The van der Waals surface area contributed by atoms with Gasteiger partial charge in [0.2, 0.25) is 0 Å². The summed E-state index contributed by atoms with van der Waals surface area (Å²) in [4.78, 5) is 4.02. The van der Waals surface area contributed by atoms with Gasteiger partial charge in [0, 0.05) is 12.6 Å². The third-order valence-electron chi connectivity index (χ3n) is 2.52. The molecule has 0 aliphatic rings. The van der Waals surface area contributed by atoms with Crippen LogP contribution in [0.5, 0.6) is 5.75 Å². The molecule has 0 fully saturated rings. The standard InChI is InChI=1S/C11H13N3O/c1-7-5-8(3-4-10(7)15)9-6-13-11(12)14(9)2/h3-6,15H,1-2H3,(H2,12,13). The number of hydrogen-bond acceptors (Lipinski definition) is 3. The second-order valence-electron chi connectivity index (χ2n) is 3.56. The number of anilines is 1. The molecule has 2 aromatic rings. The quantitative estimate of drug-likeness (QED) is 0.741. The van der Waals surface area contributed by atoms with Crippen LogP contribution >= 0.6 is 0 Å². The van der Waals surface area contributed by atoms with E-state index in [0.717, 1.165) is 16.8 Å². The minimum Gasteiger partial charge on any atom is -0.508 e. The van der Waals surface area contributed by atoms with E-state index in [2.05, 4.69) is 4.98 Å². The van der Waals surface area contributed by atoms with Crippen LogP contribution in [0.4, 0.5) is 5.95 Å². The molecule has 2 rings (SSSR count). The Balaban J connectivity index is 2.55. The van der Waals surface area contributed by atoms with Gasteiger partial charge in [-0.1, -0.05) is 0 Å². The Kier molecular flexibility index (Phi) is 2.11. The minimum atomic E-state index is 0.300. The van der Waals surface area contributed by atoms with Crippen molar-refractivity contribution in [2.45, 2.75) is 6.92 Å². The van der Waals surface area contributed by atoms with Crippen molar-refractivity contribution in [2.75, 3.05) is 5.73 Å². The number of aryl methyl sites for hydroxylation is 1. The Morgan fingerprint density at radius 3 is 2.67 bits per heavy atom. The van der Waals surface area contributed by atoms with Crippen molar-refractivity contribution >= 4 is 5.95 Å². The molecule has 0 amide bonds. The van der Waals surface area contributed by atoms with Crippen LogP contribution in [0.25, 0.3) is 11.3 Å². The van der Waals surface area contributed by atoms with Crippen molar-refractivity contribution in [3.05, 3.63) is 30.0 Å². The van der Waals surface area contributed by atoms with Crippen LogP contribution in [0, 0.1) is 6.92 Å². The highest BCUT2D eigenvalue weighted by Crippen LogP contribution is 2.25. The van der Waals surface area contributed by atoms with Crippen molar-refractivity contribution < 1.29 is 5.11 Å². The number of rotatable bonds is 1. The maximum Gasteiger partial charge on any atom is 0.200 e. The van der Waals surface area contributed by atoms with Gasteiger partial charge in [-0.25, -0.2) is 4.98 Å². The van der Waals surface area contributed by atoms with E-state index in [-0.39, 0.29) is 0 Å². The Morgan fingerprint density at radius 2 is 2.13 bits per heavy atom. The molecule has 3 N–H and O–H groups in total. The molecule has 0 aliphatic carbocycles. The number of hydrogen-bond donors (Lipinski definition) is 2. The van der Waals surface area contributed by atoms with Gasteiger partial charge in [0.1, 0.15) is 5.75 Å². The molecule has 1 aromatic heterocycles.